The first-order chi connectivity index (χ1) is 13.8. The summed E-state index contributed by atoms with van der Waals surface area (Å²) in [4.78, 5) is 17.4. The van der Waals surface area contributed by atoms with Crippen molar-refractivity contribution in [3.05, 3.63) is 60.2 Å². The summed E-state index contributed by atoms with van der Waals surface area (Å²) < 4.78 is 7.34. The fourth-order valence-electron chi connectivity index (χ4n) is 3.23. The molecule has 4 rings (SSSR count). The van der Waals surface area contributed by atoms with Crippen molar-refractivity contribution in [2.45, 2.75) is 18.1 Å². The van der Waals surface area contributed by atoms with E-state index in [-0.39, 0.29) is 5.91 Å². The Bertz CT molecular complexity index is 1000. The Morgan fingerprint density at radius 2 is 1.93 bits per heavy atom. The molecule has 6 nitrogen and oxygen atoms in total. The number of amides is 1. The molecule has 7 heteroatoms. The summed E-state index contributed by atoms with van der Waals surface area (Å²) in [5.41, 5.74) is 4.03. The predicted octanol–water partition coefficient (Wildman–Crippen LogP) is 3.41. The molecule has 0 fully saturated rings. The quantitative estimate of drug-likeness (QED) is 0.576. The van der Waals surface area contributed by atoms with Gasteiger partial charge in [0.15, 0.2) is 5.16 Å². The lowest BCUT2D eigenvalue weighted by molar-refractivity contribution is -0.127. The van der Waals surface area contributed by atoms with Crippen LogP contribution >= 0.6 is 11.8 Å². The van der Waals surface area contributed by atoms with Gasteiger partial charge in [-0.3, -0.25) is 4.79 Å². The van der Waals surface area contributed by atoms with Crippen LogP contribution in [0.5, 0.6) is 0 Å². The minimum Gasteiger partial charge on any atom is -0.383 e. The van der Waals surface area contributed by atoms with E-state index >= 15 is 0 Å². The Morgan fingerprint density at radius 1 is 1.14 bits per heavy atom. The van der Waals surface area contributed by atoms with Crippen molar-refractivity contribution in [1.82, 2.24) is 14.6 Å². The van der Waals surface area contributed by atoms with Gasteiger partial charge in [-0.2, -0.15) is 5.10 Å². The third kappa shape index (κ3) is 3.95. The molecular formula is C21H22N4O2S. The summed E-state index contributed by atoms with van der Waals surface area (Å²) >= 11 is 1.45. The highest BCUT2D eigenvalue weighted by atomic mass is 32.2. The Hall–Kier alpha value is -2.64. The van der Waals surface area contributed by atoms with E-state index in [9.17, 15) is 4.79 Å². The van der Waals surface area contributed by atoms with Crippen LogP contribution in [0.15, 0.2) is 64.9 Å². The van der Waals surface area contributed by atoms with Crippen LogP contribution in [0, 0.1) is 0 Å². The van der Waals surface area contributed by atoms with Crippen molar-refractivity contribution in [1.29, 1.82) is 0 Å². The minimum atomic E-state index is 0.00118. The number of para-hydroxylation sites is 2. The first-order valence-corrected chi connectivity index (χ1v) is 10.2. The molecule has 0 bridgehead atoms. The molecular weight excluding hydrogens is 372 g/mol. The lowest BCUT2D eigenvalue weighted by Gasteiger charge is -2.12. The number of nitrogens with zero attached hydrogens (tertiary/aromatic N) is 4. The highest BCUT2D eigenvalue weighted by Gasteiger charge is 2.22. The summed E-state index contributed by atoms with van der Waals surface area (Å²) in [7, 11) is 1.69. The van der Waals surface area contributed by atoms with Crippen molar-refractivity contribution in [3.8, 4) is 0 Å². The Labute approximate surface area is 168 Å². The fraction of sp³-hybridized carbons (Fsp3) is 0.286. The van der Waals surface area contributed by atoms with E-state index in [1.54, 1.807) is 12.1 Å². The number of aromatic nitrogens is 2. The van der Waals surface area contributed by atoms with Crippen LogP contribution in [-0.4, -0.2) is 52.2 Å². The molecule has 3 aromatic rings. The van der Waals surface area contributed by atoms with Crippen LogP contribution in [0.1, 0.15) is 12.0 Å². The van der Waals surface area contributed by atoms with Gasteiger partial charge in [0.25, 0.3) is 5.91 Å². The molecule has 2 heterocycles. The molecule has 0 atom stereocenters. The van der Waals surface area contributed by atoms with Gasteiger partial charge in [0.05, 0.1) is 35.6 Å². The zero-order valence-electron chi connectivity index (χ0n) is 15.7. The standard InChI is InChI=1S/C21H22N4O2S/c1-27-14-13-24-19-10-6-5-9-18(19)22-21(24)28-15-20(26)25-12-11-17(23-25)16-7-3-2-4-8-16/h2-10H,11-15H2,1H3. The van der Waals surface area contributed by atoms with Gasteiger partial charge in [-0.25, -0.2) is 9.99 Å². The highest BCUT2D eigenvalue weighted by molar-refractivity contribution is 7.99. The Kier molecular flexibility index (Phi) is 5.73. The number of hydrogen-bond acceptors (Lipinski definition) is 5. The number of benzene rings is 2. The van der Waals surface area contributed by atoms with Crippen molar-refractivity contribution < 1.29 is 9.53 Å². The first kappa shape index (κ1) is 18.7. The van der Waals surface area contributed by atoms with Gasteiger partial charge in [-0.15, -0.1) is 0 Å². The number of thioether (sulfide) groups is 1. The van der Waals surface area contributed by atoms with Gasteiger partial charge >= 0.3 is 0 Å². The molecule has 0 aliphatic carbocycles. The molecule has 0 radical (unpaired) electrons. The van der Waals surface area contributed by atoms with Gasteiger partial charge in [0.1, 0.15) is 0 Å². The molecule has 2 aromatic carbocycles. The molecule has 144 valence electrons. The number of imidazole rings is 1. The van der Waals surface area contributed by atoms with E-state index in [0.717, 1.165) is 33.9 Å². The molecule has 28 heavy (non-hydrogen) atoms. The lowest BCUT2D eigenvalue weighted by Crippen LogP contribution is -2.25. The summed E-state index contributed by atoms with van der Waals surface area (Å²) in [6.07, 6.45) is 0.784. The molecule has 0 spiro atoms. The second-order valence-corrected chi connectivity index (χ2v) is 7.44. The first-order valence-electron chi connectivity index (χ1n) is 9.26. The van der Waals surface area contributed by atoms with Gasteiger partial charge in [-0.05, 0) is 17.7 Å². The number of hydrogen-bond donors (Lipinski definition) is 0. The normalized spacial score (nSPS) is 13.9. The van der Waals surface area contributed by atoms with Gasteiger partial charge in [-0.1, -0.05) is 54.2 Å². The number of ether oxygens (including phenoxy) is 1. The van der Waals surface area contributed by atoms with Crippen LogP contribution < -0.4 is 0 Å². The van der Waals surface area contributed by atoms with Crippen LogP contribution in [0.25, 0.3) is 11.0 Å². The van der Waals surface area contributed by atoms with E-state index in [2.05, 4.69) is 9.67 Å². The summed E-state index contributed by atoms with van der Waals surface area (Å²) in [5, 5.41) is 6.94. The zero-order valence-corrected chi connectivity index (χ0v) is 16.6. The highest BCUT2D eigenvalue weighted by Crippen LogP contribution is 2.25. The summed E-state index contributed by atoms with van der Waals surface area (Å²) in [5.74, 6) is 0.309. The van der Waals surface area contributed by atoms with Crippen LogP contribution in [0.2, 0.25) is 0 Å². The largest absolute Gasteiger partial charge is 0.383 e. The average molecular weight is 395 g/mol. The van der Waals surface area contributed by atoms with Crippen LogP contribution in [-0.2, 0) is 16.1 Å². The SMILES string of the molecule is COCCn1c(SCC(=O)N2CCC(c3ccccc3)=N2)nc2ccccc21. The monoisotopic (exact) mass is 394 g/mol. The van der Waals surface area contributed by atoms with E-state index in [1.165, 1.54) is 11.8 Å². The topological polar surface area (TPSA) is 59.7 Å². The minimum absolute atomic E-state index is 0.00118. The zero-order chi connectivity index (χ0) is 19.3. The third-order valence-corrected chi connectivity index (χ3v) is 5.62. The smallest absolute Gasteiger partial charge is 0.253 e. The summed E-state index contributed by atoms with van der Waals surface area (Å²) in [6, 6.07) is 18.0. The average Bonchev–Trinajstić information content (AvgIpc) is 3.36. The third-order valence-electron chi connectivity index (χ3n) is 4.66. The van der Waals surface area contributed by atoms with Crippen molar-refractivity contribution in [2.24, 2.45) is 5.10 Å². The Balaban J connectivity index is 1.46. The van der Waals surface area contributed by atoms with Gasteiger partial charge in [0.2, 0.25) is 0 Å². The maximum Gasteiger partial charge on any atom is 0.253 e. The maximum atomic E-state index is 12.7. The number of fused-ring (bicyclic) bond motifs is 1. The number of carbonyl (C=O) groups is 1. The second-order valence-electron chi connectivity index (χ2n) is 6.50. The molecule has 0 unspecified atom stereocenters. The molecule has 0 saturated heterocycles. The second kappa shape index (κ2) is 8.58. The molecule has 1 aromatic heterocycles. The molecule has 1 aliphatic rings. The van der Waals surface area contributed by atoms with E-state index in [4.69, 9.17) is 9.72 Å². The maximum absolute atomic E-state index is 12.7. The van der Waals surface area contributed by atoms with Crippen molar-refractivity contribution in [3.63, 3.8) is 0 Å². The molecule has 0 N–H and O–H groups in total. The molecule has 1 aliphatic heterocycles. The lowest BCUT2D eigenvalue weighted by atomic mass is 10.1. The van der Waals surface area contributed by atoms with Gasteiger partial charge in [0, 0.05) is 20.1 Å². The Morgan fingerprint density at radius 3 is 2.75 bits per heavy atom. The molecule has 0 saturated carbocycles. The van der Waals surface area contributed by atoms with Gasteiger partial charge < -0.3 is 9.30 Å². The molecule has 1 amide bonds. The predicted molar refractivity (Wildman–Crippen MR) is 112 cm³/mol. The number of methoxy groups -OCH3 is 1. The van der Waals surface area contributed by atoms with E-state index < -0.39 is 0 Å². The van der Waals surface area contributed by atoms with Crippen LogP contribution in [0.4, 0.5) is 0 Å². The van der Waals surface area contributed by atoms with E-state index in [0.29, 0.717) is 25.4 Å². The van der Waals surface area contributed by atoms with Crippen molar-refractivity contribution >= 4 is 34.4 Å². The number of carbonyl (C=O) groups excluding carboxylic acids is 1. The van der Waals surface area contributed by atoms with E-state index in [1.807, 2.05) is 54.6 Å². The fourth-order valence-corrected chi connectivity index (χ4v) is 4.14. The van der Waals surface area contributed by atoms with Crippen LogP contribution in [0.3, 0.4) is 0 Å². The number of rotatable bonds is 7. The van der Waals surface area contributed by atoms with Crippen molar-refractivity contribution in [2.75, 3.05) is 26.0 Å². The summed E-state index contributed by atoms with van der Waals surface area (Å²) in [6.45, 7) is 1.93. The number of hydrazone groups is 1.